The quantitative estimate of drug-likeness (QED) is 0.756. The number of hydrogen-bond donors (Lipinski definition) is 1. The molecule has 0 fully saturated rings. The van der Waals surface area contributed by atoms with Gasteiger partial charge in [-0.05, 0) is 51.2 Å². The van der Waals surface area contributed by atoms with E-state index < -0.39 is 12.4 Å². The van der Waals surface area contributed by atoms with Gasteiger partial charge in [-0.15, -0.1) is 13.2 Å². The Kier molecular flexibility index (Phi) is 6.90. The lowest BCUT2D eigenvalue weighted by molar-refractivity contribution is -0.274. The second kappa shape index (κ2) is 8.97. The van der Waals surface area contributed by atoms with Gasteiger partial charge in [0, 0.05) is 17.8 Å². The molecule has 0 aromatic heterocycles. The SMILES string of the molecule is COc1ccc(C)cc1CN(C)[C@@H](C)C(=O)Nc1ccc(OC(F)(F)F)cc1. The Hall–Kier alpha value is -2.74. The first kappa shape index (κ1) is 21.6. The van der Waals surface area contributed by atoms with Crippen LogP contribution in [0, 0.1) is 6.92 Å². The summed E-state index contributed by atoms with van der Waals surface area (Å²) in [4.78, 5) is 14.3. The molecule has 0 spiro atoms. The van der Waals surface area contributed by atoms with Crippen molar-refractivity contribution < 1.29 is 27.4 Å². The molecule has 0 radical (unpaired) electrons. The normalized spacial score (nSPS) is 12.6. The third kappa shape index (κ3) is 6.16. The van der Waals surface area contributed by atoms with Crippen LogP contribution in [0.15, 0.2) is 42.5 Å². The van der Waals surface area contributed by atoms with Crippen molar-refractivity contribution in [3.8, 4) is 11.5 Å². The van der Waals surface area contributed by atoms with Crippen molar-refractivity contribution in [2.24, 2.45) is 0 Å². The summed E-state index contributed by atoms with van der Waals surface area (Å²) in [6, 6.07) is 10.4. The summed E-state index contributed by atoms with van der Waals surface area (Å²) in [5, 5.41) is 2.69. The highest BCUT2D eigenvalue weighted by Gasteiger charge is 2.31. The number of ether oxygens (including phenoxy) is 2. The van der Waals surface area contributed by atoms with E-state index in [-0.39, 0.29) is 11.7 Å². The van der Waals surface area contributed by atoms with Crippen molar-refractivity contribution in [1.82, 2.24) is 4.90 Å². The van der Waals surface area contributed by atoms with Crippen LogP contribution >= 0.6 is 0 Å². The lowest BCUT2D eigenvalue weighted by atomic mass is 10.1. The molecule has 2 rings (SSSR count). The Bertz CT molecular complexity index is 807. The van der Waals surface area contributed by atoms with Crippen LogP contribution in [0.25, 0.3) is 0 Å². The standard InChI is InChI=1S/C20H23F3N2O3/c1-13-5-10-18(27-4)15(11-13)12-25(3)14(2)19(26)24-16-6-8-17(9-7-16)28-20(21,22)23/h5-11,14H,12H2,1-4H3,(H,24,26)/t14-/m0/s1. The van der Waals surface area contributed by atoms with E-state index in [2.05, 4.69) is 10.1 Å². The third-order valence-electron chi connectivity index (χ3n) is 4.25. The maximum atomic E-state index is 12.5. The molecular weight excluding hydrogens is 373 g/mol. The predicted molar refractivity (Wildman–Crippen MR) is 100 cm³/mol. The highest BCUT2D eigenvalue weighted by atomic mass is 19.4. The highest BCUT2D eigenvalue weighted by molar-refractivity contribution is 5.94. The van der Waals surface area contributed by atoms with Gasteiger partial charge < -0.3 is 14.8 Å². The summed E-state index contributed by atoms with van der Waals surface area (Å²) < 4.78 is 45.8. The molecule has 0 heterocycles. The minimum Gasteiger partial charge on any atom is -0.496 e. The van der Waals surface area contributed by atoms with Gasteiger partial charge in [-0.1, -0.05) is 17.7 Å². The Labute approximate surface area is 162 Å². The molecule has 0 saturated heterocycles. The maximum absolute atomic E-state index is 12.5. The number of methoxy groups -OCH3 is 1. The molecule has 2 aromatic carbocycles. The highest BCUT2D eigenvalue weighted by Crippen LogP contribution is 2.25. The zero-order valence-electron chi connectivity index (χ0n) is 16.1. The van der Waals surface area contributed by atoms with Gasteiger partial charge in [-0.3, -0.25) is 9.69 Å². The summed E-state index contributed by atoms with van der Waals surface area (Å²) in [5.74, 6) is 0.117. The van der Waals surface area contributed by atoms with Gasteiger partial charge in [0.2, 0.25) is 5.91 Å². The van der Waals surface area contributed by atoms with E-state index in [1.807, 2.05) is 37.1 Å². The van der Waals surface area contributed by atoms with Crippen molar-refractivity contribution in [2.45, 2.75) is 32.8 Å². The zero-order valence-corrected chi connectivity index (χ0v) is 16.1. The van der Waals surface area contributed by atoms with E-state index in [0.717, 1.165) is 29.0 Å². The number of halogens is 3. The molecule has 152 valence electrons. The molecule has 1 atom stereocenters. The lowest BCUT2D eigenvalue weighted by Crippen LogP contribution is -2.39. The van der Waals surface area contributed by atoms with E-state index in [1.165, 1.54) is 12.1 Å². The molecule has 0 saturated carbocycles. The van der Waals surface area contributed by atoms with Crippen molar-refractivity contribution in [3.05, 3.63) is 53.6 Å². The first-order valence-electron chi connectivity index (χ1n) is 8.59. The van der Waals surface area contributed by atoms with Crippen LogP contribution in [0.3, 0.4) is 0 Å². The van der Waals surface area contributed by atoms with Crippen LogP contribution in [0.1, 0.15) is 18.1 Å². The number of benzene rings is 2. The number of nitrogens with zero attached hydrogens (tertiary/aromatic N) is 1. The average Bonchev–Trinajstić information content (AvgIpc) is 2.61. The Morgan fingerprint density at radius 2 is 1.82 bits per heavy atom. The largest absolute Gasteiger partial charge is 0.573 e. The zero-order chi connectivity index (χ0) is 20.9. The van der Waals surface area contributed by atoms with E-state index in [1.54, 1.807) is 14.0 Å². The van der Waals surface area contributed by atoms with Crippen LogP contribution in [0.2, 0.25) is 0 Å². The Morgan fingerprint density at radius 1 is 1.18 bits per heavy atom. The van der Waals surface area contributed by atoms with Crippen LogP contribution < -0.4 is 14.8 Å². The summed E-state index contributed by atoms with van der Waals surface area (Å²) >= 11 is 0. The monoisotopic (exact) mass is 396 g/mol. The van der Waals surface area contributed by atoms with Crippen molar-refractivity contribution >= 4 is 11.6 Å². The predicted octanol–water partition coefficient (Wildman–Crippen LogP) is 4.36. The van der Waals surface area contributed by atoms with Crippen LogP contribution in [0.5, 0.6) is 11.5 Å². The number of carbonyl (C=O) groups excluding carboxylic acids is 1. The van der Waals surface area contributed by atoms with Gasteiger partial charge in [-0.25, -0.2) is 0 Å². The molecule has 0 aliphatic heterocycles. The van der Waals surface area contributed by atoms with Crippen LogP contribution in [-0.4, -0.2) is 37.4 Å². The van der Waals surface area contributed by atoms with E-state index in [4.69, 9.17) is 4.74 Å². The molecule has 0 aliphatic carbocycles. The number of likely N-dealkylation sites (N-methyl/N-ethyl adjacent to an activating group) is 1. The molecule has 1 N–H and O–H groups in total. The van der Waals surface area contributed by atoms with Gasteiger partial charge >= 0.3 is 6.36 Å². The number of nitrogens with one attached hydrogen (secondary N) is 1. The van der Waals surface area contributed by atoms with E-state index >= 15 is 0 Å². The maximum Gasteiger partial charge on any atom is 0.573 e. The molecule has 28 heavy (non-hydrogen) atoms. The number of aryl methyl sites for hydroxylation is 1. The van der Waals surface area contributed by atoms with Gasteiger partial charge in [0.15, 0.2) is 0 Å². The third-order valence-corrected chi connectivity index (χ3v) is 4.25. The summed E-state index contributed by atoms with van der Waals surface area (Å²) in [6.07, 6.45) is -4.75. The van der Waals surface area contributed by atoms with Crippen molar-refractivity contribution in [2.75, 3.05) is 19.5 Å². The van der Waals surface area contributed by atoms with Crippen molar-refractivity contribution in [1.29, 1.82) is 0 Å². The fourth-order valence-corrected chi connectivity index (χ4v) is 2.62. The summed E-state index contributed by atoms with van der Waals surface area (Å²) in [7, 11) is 3.41. The molecule has 1 amide bonds. The van der Waals surface area contributed by atoms with Crippen LogP contribution in [-0.2, 0) is 11.3 Å². The molecule has 0 bridgehead atoms. The molecule has 8 heteroatoms. The number of hydrogen-bond acceptors (Lipinski definition) is 4. The molecular formula is C20H23F3N2O3. The Morgan fingerprint density at radius 3 is 2.39 bits per heavy atom. The summed E-state index contributed by atoms with van der Waals surface area (Å²) in [6.45, 7) is 4.22. The first-order valence-corrected chi connectivity index (χ1v) is 8.59. The topological polar surface area (TPSA) is 50.8 Å². The van der Waals surface area contributed by atoms with E-state index in [9.17, 15) is 18.0 Å². The van der Waals surface area contributed by atoms with Gasteiger partial charge in [0.05, 0.1) is 13.2 Å². The molecule has 0 unspecified atom stereocenters. The van der Waals surface area contributed by atoms with Crippen LogP contribution in [0.4, 0.5) is 18.9 Å². The number of alkyl halides is 3. The Balaban J connectivity index is 1.99. The molecule has 0 aliphatic rings. The smallest absolute Gasteiger partial charge is 0.496 e. The fraction of sp³-hybridized carbons (Fsp3) is 0.350. The lowest BCUT2D eigenvalue weighted by Gasteiger charge is -2.25. The number of rotatable bonds is 7. The van der Waals surface area contributed by atoms with E-state index in [0.29, 0.717) is 12.2 Å². The van der Waals surface area contributed by atoms with Gasteiger partial charge in [-0.2, -0.15) is 0 Å². The molecule has 2 aromatic rings. The van der Waals surface area contributed by atoms with Gasteiger partial charge in [0.1, 0.15) is 11.5 Å². The second-order valence-electron chi connectivity index (χ2n) is 6.47. The summed E-state index contributed by atoms with van der Waals surface area (Å²) in [5.41, 5.74) is 2.42. The number of anilines is 1. The minimum atomic E-state index is -4.75. The second-order valence-corrected chi connectivity index (χ2v) is 6.47. The average molecular weight is 396 g/mol. The minimum absolute atomic E-state index is 0.279. The first-order chi connectivity index (χ1) is 13.1. The van der Waals surface area contributed by atoms with Gasteiger partial charge in [0.25, 0.3) is 0 Å². The molecule has 5 nitrogen and oxygen atoms in total. The number of amides is 1. The number of carbonyl (C=O) groups is 1. The van der Waals surface area contributed by atoms with Crippen molar-refractivity contribution in [3.63, 3.8) is 0 Å². The fourth-order valence-electron chi connectivity index (χ4n) is 2.62.